The highest BCUT2D eigenvalue weighted by Gasteiger charge is 2.49. The van der Waals surface area contributed by atoms with Crippen LogP contribution in [0, 0.1) is 5.92 Å². The summed E-state index contributed by atoms with van der Waals surface area (Å²) in [6, 6.07) is 5.32. The third-order valence-electron chi connectivity index (χ3n) is 4.66. The molecular formula is C17H20BrF3N2O3. The number of nitrogens with two attached hydrogens (primary N) is 1. The average molecular weight is 437 g/mol. The first-order valence-electron chi connectivity index (χ1n) is 8.13. The quantitative estimate of drug-likeness (QED) is 0.710. The fourth-order valence-electron chi connectivity index (χ4n) is 3.18. The maximum atomic E-state index is 15.3. The summed E-state index contributed by atoms with van der Waals surface area (Å²) in [7, 11) is 1.04. The second-order valence-corrected chi connectivity index (χ2v) is 7.20. The van der Waals surface area contributed by atoms with Crippen LogP contribution in [-0.4, -0.2) is 36.5 Å². The normalized spacial score (nSPS) is 22.5. The van der Waals surface area contributed by atoms with Gasteiger partial charge in [-0.1, -0.05) is 28.1 Å². The molecule has 0 aliphatic heterocycles. The molecule has 1 atom stereocenters. The molecule has 0 radical (unpaired) electrons. The van der Waals surface area contributed by atoms with Gasteiger partial charge in [-0.15, -0.1) is 0 Å². The van der Waals surface area contributed by atoms with E-state index in [1.54, 1.807) is 0 Å². The standard InChI is InChI=1S/C17H20BrF3N2O3/c1-23(14(24)10-2-8-13(9-3-10)26-16(22)25)17(21,15(19)20)11-4-6-12(18)7-5-11/h4-7,10,13,15H,2-3,8-9H2,1H3,(H2,22,25). The Bertz CT molecular complexity index is 651. The molecule has 2 amide bonds. The van der Waals surface area contributed by atoms with Gasteiger partial charge in [0, 0.05) is 23.0 Å². The number of rotatable bonds is 5. The first kappa shape index (κ1) is 20.5. The van der Waals surface area contributed by atoms with Crippen molar-refractivity contribution in [3.05, 3.63) is 34.3 Å². The number of hydrogen-bond acceptors (Lipinski definition) is 3. The number of carbonyl (C=O) groups is 2. The summed E-state index contributed by atoms with van der Waals surface area (Å²) in [6.45, 7) is 0. The summed E-state index contributed by atoms with van der Waals surface area (Å²) >= 11 is 3.17. The number of primary amides is 1. The number of halogens is 4. The number of carbonyl (C=O) groups excluding carboxylic acids is 2. The van der Waals surface area contributed by atoms with E-state index in [0.717, 1.165) is 7.05 Å². The van der Waals surface area contributed by atoms with E-state index >= 15 is 4.39 Å². The smallest absolute Gasteiger partial charge is 0.404 e. The van der Waals surface area contributed by atoms with Gasteiger partial charge < -0.3 is 15.4 Å². The summed E-state index contributed by atoms with van der Waals surface area (Å²) in [5.74, 6) is -4.54. The fourth-order valence-corrected chi connectivity index (χ4v) is 3.44. The number of ether oxygens (including phenoxy) is 1. The van der Waals surface area contributed by atoms with Crippen LogP contribution in [-0.2, 0) is 15.3 Å². The second-order valence-electron chi connectivity index (χ2n) is 6.29. The van der Waals surface area contributed by atoms with Crippen LogP contribution in [0.15, 0.2) is 28.7 Å². The molecule has 2 N–H and O–H groups in total. The lowest BCUT2D eigenvalue weighted by molar-refractivity contribution is -0.174. The van der Waals surface area contributed by atoms with E-state index in [1.807, 2.05) is 0 Å². The SMILES string of the molecule is CN(C(=O)C1CCC(OC(N)=O)CC1)C(F)(c1ccc(Br)cc1)C(F)F. The molecule has 5 nitrogen and oxygen atoms in total. The Hall–Kier alpha value is -1.77. The average Bonchev–Trinajstić information content (AvgIpc) is 2.60. The van der Waals surface area contributed by atoms with E-state index in [-0.39, 0.29) is 5.56 Å². The van der Waals surface area contributed by atoms with E-state index in [9.17, 15) is 18.4 Å². The maximum Gasteiger partial charge on any atom is 0.404 e. The van der Waals surface area contributed by atoms with Crippen LogP contribution in [0.1, 0.15) is 31.2 Å². The number of benzene rings is 1. The van der Waals surface area contributed by atoms with Gasteiger partial charge in [0.15, 0.2) is 0 Å². The highest BCUT2D eigenvalue weighted by atomic mass is 79.9. The predicted octanol–water partition coefficient (Wildman–Crippen LogP) is 3.95. The van der Waals surface area contributed by atoms with Crippen LogP contribution in [0.2, 0.25) is 0 Å². The topological polar surface area (TPSA) is 72.6 Å². The molecule has 2 rings (SSSR count). The van der Waals surface area contributed by atoms with Crippen molar-refractivity contribution in [2.24, 2.45) is 11.7 Å². The summed E-state index contributed by atoms with van der Waals surface area (Å²) in [4.78, 5) is 23.9. The Morgan fingerprint density at radius 3 is 2.23 bits per heavy atom. The van der Waals surface area contributed by atoms with Crippen LogP contribution < -0.4 is 5.73 Å². The van der Waals surface area contributed by atoms with E-state index in [1.165, 1.54) is 24.3 Å². The van der Waals surface area contributed by atoms with Gasteiger partial charge in [0.25, 0.3) is 12.2 Å². The van der Waals surface area contributed by atoms with Gasteiger partial charge >= 0.3 is 6.09 Å². The highest BCUT2D eigenvalue weighted by molar-refractivity contribution is 9.10. The van der Waals surface area contributed by atoms with E-state index < -0.39 is 36.2 Å². The summed E-state index contributed by atoms with van der Waals surface area (Å²) in [6.07, 6.45) is -3.35. The van der Waals surface area contributed by atoms with Crippen LogP contribution in [0.5, 0.6) is 0 Å². The molecule has 1 aromatic rings. The predicted molar refractivity (Wildman–Crippen MR) is 92.1 cm³/mol. The van der Waals surface area contributed by atoms with Crippen molar-refractivity contribution in [2.75, 3.05) is 7.05 Å². The minimum atomic E-state index is -3.41. The maximum absolute atomic E-state index is 15.3. The first-order valence-corrected chi connectivity index (χ1v) is 8.92. The molecule has 9 heteroatoms. The first-order chi connectivity index (χ1) is 12.2. The zero-order valence-electron chi connectivity index (χ0n) is 14.1. The van der Waals surface area contributed by atoms with E-state index in [2.05, 4.69) is 15.9 Å². The molecule has 0 heterocycles. The van der Waals surface area contributed by atoms with Crippen molar-refractivity contribution in [3.8, 4) is 0 Å². The van der Waals surface area contributed by atoms with Crippen molar-refractivity contribution in [1.29, 1.82) is 0 Å². The van der Waals surface area contributed by atoms with Crippen molar-refractivity contribution >= 4 is 27.9 Å². The van der Waals surface area contributed by atoms with Crippen LogP contribution in [0.4, 0.5) is 18.0 Å². The summed E-state index contributed by atoms with van der Waals surface area (Å²) in [5.41, 5.74) is 4.66. The zero-order valence-corrected chi connectivity index (χ0v) is 15.7. The minimum absolute atomic E-state index is 0.294. The van der Waals surface area contributed by atoms with E-state index in [0.29, 0.717) is 35.1 Å². The summed E-state index contributed by atoms with van der Waals surface area (Å²) in [5, 5.41) is 0. The van der Waals surface area contributed by atoms with Crippen molar-refractivity contribution < 1.29 is 27.5 Å². The molecule has 1 fully saturated rings. The zero-order chi connectivity index (χ0) is 19.5. The number of nitrogens with zero attached hydrogens (tertiary/aromatic N) is 1. The lowest BCUT2D eigenvalue weighted by Gasteiger charge is -2.38. The molecular weight excluding hydrogens is 417 g/mol. The minimum Gasteiger partial charge on any atom is -0.446 e. The largest absolute Gasteiger partial charge is 0.446 e. The molecule has 1 aliphatic rings. The molecule has 0 saturated heterocycles. The lowest BCUT2D eigenvalue weighted by Crippen LogP contribution is -2.51. The Kier molecular flexibility index (Phi) is 6.54. The van der Waals surface area contributed by atoms with Gasteiger partial charge in [0.05, 0.1) is 0 Å². The number of amides is 2. The highest BCUT2D eigenvalue weighted by Crippen LogP contribution is 2.39. The fraction of sp³-hybridized carbons (Fsp3) is 0.529. The van der Waals surface area contributed by atoms with E-state index in [4.69, 9.17) is 10.5 Å². The Morgan fingerprint density at radius 2 is 1.77 bits per heavy atom. The molecule has 1 saturated carbocycles. The Morgan fingerprint density at radius 1 is 1.23 bits per heavy atom. The molecule has 1 aliphatic carbocycles. The van der Waals surface area contributed by atoms with Crippen LogP contribution in [0.3, 0.4) is 0 Å². The van der Waals surface area contributed by atoms with Gasteiger partial charge in [-0.25, -0.2) is 18.0 Å². The Labute approximate surface area is 157 Å². The molecule has 144 valence electrons. The van der Waals surface area contributed by atoms with Gasteiger partial charge in [0.2, 0.25) is 5.91 Å². The van der Waals surface area contributed by atoms with Crippen LogP contribution in [0.25, 0.3) is 0 Å². The second kappa shape index (κ2) is 8.28. The molecule has 0 bridgehead atoms. The van der Waals surface area contributed by atoms with Gasteiger partial charge in [-0.05, 0) is 37.8 Å². The van der Waals surface area contributed by atoms with Crippen molar-refractivity contribution in [3.63, 3.8) is 0 Å². The molecule has 26 heavy (non-hydrogen) atoms. The van der Waals surface area contributed by atoms with Gasteiger partial charge in [-0.2, -0.15) is 0 Å². The summed E-state index contributed by atoms with van der Waals surface area (Å²) < 4.78 is 48.0. The molecule has 1 unspecified atom stereocenters. The molecule has 0 spiro atoms. The molecule has 1 aromatic carbocycles. The van der Waals surface area contributed by atoms with Crippen molar-refractivity contribution in [2.45, 2.75) is 44.0 Å². The third kappa shape index (κ3) is 4.31. The van der Waals surface area contributed by atoms with Gasteiger partial charge in [0.1, 0.15) is 6.10 Å². The number of hydrogen-bond donors (Lipinski definition) is 1. The van der Waals surface area contributed by atoms with Gasteiger partial charge in [-0.3, -0.25) is 4.79 Å². The van der Waals surface area contributed by atoms with Crippen molar-refractivity contribution in [1.82, 2.24) is 4.90 Å². The number of alkyl halides is 3. The lowest BCUT2D eigenvalue weighted by atomic mass is 9.86. The molecule has 0 aromatic heterocycles. The monoisotopic (exact) mass is 436 g/mol. The Balaban J connectivity index is 2.14. The third-order valence-corrected chi connectivity index (χ3v) is 5.19. The van der Waals surface area contributed by atoms with Crippen LogP contribution >= 0.6 is 15.9 Å².